The van der Waals surface area contributed by atoms with Crippen LogP contribution in [-0.2, 0) is 0 Å². The predicted octanol–water partition coefficient (Wildman–Crippen LogP) is 2.44. The normalized spacial score (nSPS) is 11.5. The number of rotatable bonds is 1. The van der Waals surface area contributed by atoms with E-state index in [-0.39, 0.29) is 0 Å². The van der Waals surface area contributed by atoms with Crippen LogP contribution < -0.4 is 3.12 Å². The van der Waals surface area contributed by atoms with E-state index in [1.54, 1.807) is 0 Å². The van der Waals surface area contributed by atoms with Crippen molar-refractivity contribution < 1.29 is 0 Å². The summed E-state index contributed by atoms with van der Waals surface area (Å²) in [7, 11) is 12.1. The molecule has 3 heteroatoms. The summed E-state index contributed by atoms with van der Waals surface area (Å²) in [5, 5.41) is 0. The standard InChI is InChI=1S/C6H5.CH3.2ClH.Pb/c1-2-4-6-5-3-1;;;;/h1-5H;1H3;2*1H;/q;;;;+2/p-2. The van der Waals surface area contributed by atoms with Gasteiger partial charge >= 0.3 is 73.3 Å². The van der Waals surface area contributed by atoms with E-state index in [1.807, 2.05) is 34.8 Å². The van der Waals surface area contributed by atoms with Gasteiger partial charge in [0.1, 0.15) is 0 Å². The third-order valence-corrected chi connectivity index (χ3v) is 10.3. The molecule has 54 valence electrons. The molecule has 0 amide bonds. The monoisotopic (exact) mass is 370 g/mol. The van der Waals surface area contributed by atoms with Crippen molar-refractivity contribution in [2.45, 2.75) is 4.48 Å². The zero-order chi connectivity index (χ0) is 7.61. The SMILES string of the molecule is [CH3][Pb]([Cl])([Cl])[c]1ccccc1. The Labute approximate surface area is 72.7 Å². The number of halogens is 2. The van der Waals surface area contributed by atoms with Gasteiger partial charge in [-0.25, -0.2) is 0 Å². The molecule has 0 spiro atoms. The van der Waals surface area contributed by atoms with Crippen molar-refractivity contribution in [1.82, 2.24) is 0 Å². The first-order chi connectivity index (χ1) is 4.61. The molecule has 0 bridgehead atoms. The van der Waals surface area contributed by atoms with E-state index >= 15 is 0 Å². The Hall–Kier alpha value is 0.722. The number of hydrogen-bond donors (Lipinski definition) is 0. The minimum absolute atomic E-state index is 1.15. The van der Waals surface area contributed by atoms with Gasteiger partial charge in [0.25, 0.3) is 0 Å². The van der Waals surface area contributed by atoms with Crippen molar-refractivity contribution in [1.29, 1.82) is 0 Å². The first-order valence-electron chi connectivity index (χ1n) is 3.04. The van der Waals surface area contributed by atoms with Gasteiger partial charge in [0.2, 0.25) is 0 Å². The second-order valence-corrected chi connectivity index (χ2v) is 26.4. The van der Waals surface area contributed by atoms with Crippen LogP contribution >= 0.6 is 16.6 Å². The van der Waals surface area contributed by atoms with Crippen molar-refractivity contribution in [3.63, 3.8) is 0 Å². The Bertz CT molecular complexity index is 203. The molecule has 1 rings (SSSR count). The van der Waals surface area contributed by atoms with Gasteiger partial charge < -0.3 is 0 Å². The van der Waals surface area contributed by atoms with E-state index in [1.165, 1.54) is 0 Å². The third kappa shape index (κ3) is 2.40. The fourth-order valence-electron chi connectivity index (χ4n) is 0.731. The van der Waals surface area contributed by atoms with Gasteiger partial charge in [0.15, 0.2) is 0 Å². The number of benzene rings is 1. The Morgan fingerprint density at radius 1 is 1.10 bits per heavy atom. The summed E-state index contributed by atoms with van der Waals surface area (Å²) in [5.41, 5.74) is 0. The predicted molar refractivity (Wildman–Crippen MR) is 49.4 cm³/mol. The molecule has 0 saturated carbocycles. The molecule has 0 fully saturated rings. The van der Waals surface area contributed by atoms with Crippen molar-refractivity contribution in [2.24, 2.45) is 0 Å². The minimum atomic E-state index is -2.88. The third-order valence-electron chi connectivity index (χ3n) is 1.28. The summed E-state index contributed by atoms with van der Waals surface area (Å²) in [6.07, 6.45) is 0. The summed E-state index contributed by atoms with van der Waals surface area (Å²) >= 11 is -2.88. The van der Waals surface area contributed by atoms with Crippen LogP contribution in [-0.4, -0.2) is 18.7 Å². The first-order valence-corrected chi connectivity index (χ1v) is 18.4. The molecule has 0 aliphatic heterocycles. The van der Waals surface area contributed by atoms with Crippen LogP contribution in [0.2, 0.25) is 4.48 Å². The summed E-state index contributed by atoms with van der Waals surface area (Å²) in [5.74, 6) is 0. The molecule has 0 aliphatic rings. The number of hydrogen-bond acceptors (Lipinski definition) is 0. The maximum atomic E-state index is 6.05. The van der Waals surface area contributed by atoms with E-state index in [0.717, 1.165) is 3.12 Å². The van der Waals surface area contributed by atoms with E-state index < -0.39 is 18.7 Å². The van der Waals surface area contributed by atoms with Crippen LogP contribution in [0.4, 0.5) is 0 Å². The van der Waals surface area contributed by atoms with Gasteiger partial charge in [0, 0.05) is 0 Å². The maximum absolute atomic E-state index is 6.05. The van der Waals surface area contributed by atoms with Gasteiger partial charge in [-0.15, -0.1) is 0 Å². The molecular formula is C7H8Cl2Pb. The molecule has 0 unspecified atom stereocenters. The van der Waals surface area contributed by atoms with Gasteiger partial charge in [-0.1, -0.05) is 0 Å². The zero-order valence-corrected chi connectivity index (χ0v) is 11.0. The summed E-state index contributed by atoms with van der Waals surface area (Å²) in [6.45, 7) is 0. The Morgan fingerprint density at radius 2 is 1.60 bits per heavy atom. The van der Waals surface area contributed by atoms with Gasteiger partial charge in [-0.05, 0) is 0 Å². The molecular weight excluding hydrogens is 362 g/mol. The molecule has 0 atom stereocenters. The van der Waals surface area contributed by atoms with Gasteiger partial charge in [0.05, 0.1) is 0 Å². The summed E-state index contributed by atoms with van der Waals surface area (Å²) in [4.78, 5) is 0. The summed E-state index contributed by atoms with van der Waals surface area (Å²) in [6, 6.07) is 9.91. The van der Waals surface area contributed by atoms with E-state index in [2.05, 4.69) is 0 Å². The van der Waals surface area contributed by atoms with Gasteiger partial charge in [-0.3, -0.25) is 0 Å². The van der Waals surface area contributed by atoms with Crippen LogP contribution in [0.3, 0.4) is 0 Å². The molecule has 0 N–H and O–H groups in total. The zero-order valence-electron chi connectivity index (χ0n) is 5.64. The molecule has 0 nitrogen and oxygen atoms in total. The molecule has 0 aromatic heterocycles. The quantitative estimate of drug-likeness (QED) is 0.667. The van der Waals surface area contributed by atoms with Crippen LogP contribution in [0.15, 0.2) is 30.3 Å². The molecule has 0 heterocycles. The van der Waals surface area contributed by atoms with Crippen LogP contribution in [0.5, 0.6) is 0 Å². The van der Waals surface area contributed by atoms with Crippen molar-refractivity contribution in [3.8, 4) is 0 Å². The van der Waals surface area contributed by atoms with E-state index in [4.69, 9.17) is 16.6 Å². The fourth-order valence-corrected chi connectivity index (χ4v) is 5.97. The Morgan fingerprint density at radius 3 is 1.90 bits per heavy atom. The fraction of sp³-hybridized carbons (Fsp3) is 0.143. The molecule has 0 saturated heterocycles. The second-order valence-electron chi connectivity index (χ2n) is 2.25. The first kappa shape index (κ1) is 8.82. The molecule has 10 heavy (non-hydrogen) atoms. The van der Waals surface area contributed by atoms with E-state index in [9.17, 15) is 0 Å². The van der Waals surface area contributed by atoms with Crippen LogP contribution in [0.25, 0.3) is 0 Å². The van der Waals surface area contributed by atoms with Crippen molar-refractivity contribution in [3.05, 3.63) is 30.3 Å². The topological polar surface area (TPSA) is 0 Å². The summed E-state index contributed by atoms with van der Waals surface area (Å²) < 4.78 is 3.13. The van der Waals surface area contributed by atoms with Crippen molar-refractivity contribution >= 4 is 38.5 Å². The molecule has 1 aromatic rings. The Kier molecular flexibility index (Phi) is 3.01. The molecule has 1 aromatic carbocycles. The molecule has 0 radical (unpaired) electrons. The average molecular weight is 370 g/mol. The molecule has 0 aliphatic carbocycles. The van der Waals surface area contributed by atoms with Crippen LogP contribution in [0, 0.1) is 0 Å². The second kappa shape index (κ2) is 3.41. The average Bonchev–Trinajstić information content (AvgIpc) is 1.88. The van der Waals surface area contributed by atoms with Gasteiger partial charge in [-0.2, -0.15) is 0 Å². The Balaban J connectivity index is 2.97. The van der Waals surface area contributed by atoms with E-state index in [0.29, 0.717) is 0 Å². The van der Waals surface area contributed by atoms with Crippen LogP contribution in [0.1, 0.15) is 0 Å². The van der Waals surface area contributed by atoms with Crippen molar-refractivity contribution in [2.75, 3.05) is 0 Å².